The smallest absolute Gasteiger partial charge is 0.209 e. The Kier molecular flexibility index (Phi) is 4.31. The van der Waals surface area contributed by atoms with Crippen LogP contribution in [0.3, 0.4) is 0 Å². The fourth-order valence-corrected chi connectivity index (χ4v) is 3.48. The van der Waals surface area contributed by atoms with Gasteiger partial charge in [-0.05, 0) is 37.5 Å². The Morgan fingerprint density at radius 1 is 1.00 bits per heavy atom. The molecular formula is C22H27N2+. The lowest BCUT2D eigenvalue weighted by molar-refractivity contribution is -0.401. The summed E-state index contributed by atoms with van der Waals surface area (Å²) in [6, 6.07) is 17.3. The van der Waals surface area contributed by atoms with E-state index < -0.39 is 0 Å². The highest BCUT2D eigenvalue weighted by Crippen LogP contribution is 2.38. The van der Waals surface area contributed by atoms with Gasteiger partial charge in [-0.15, -0.1) is 0 Å². The lowest BCUT2D eigenvalue weighted by Gasteiger charge is -2.15. The van der Waals surface area contributed by atoms with Crippen LogP contribution in [0.15, 0.2) is 60.8 Å². The van der Waals surface area contributed by atoms with Gasteiger partial charge in [-0.1, -0.05) is 44.2 Å². The summed E-state index contributed by atoms with van der Waals surface area (Å²) in [5.74, 6) is 0.566. The van der Waals surface area contributed by atoms with E-state index in [0.29, 0.717) is 5.92 Å². The normalized spacial score (nSPS) is 16.1. The van der Waals surface area contributed by atoms with E-state index in [1.807, 2.05) is 6.20 Å². The third-order valence-electron chi connectivity index (χ3n) is 5.01. The molecule has 124 valence electrons. The Bertz CT molecular complexity index is 793. The van der Waals surface area contributed by atoms with Crippen LogP contribution in [0.1, 0.15) is 44.7 Å². The van der Waals surface area contributed by atoms with Crippen LogP contribution in [0.2, 0.25) is 0 Å². The van der Waals surface area contributed by atoms with Crippen LogP contribution in [-0.2, 0) is 5.41 Å². The molecule has 0 spiro atoms. The maximum Gasteiger partial charge on any atom is 0.209 e. The van der Waals surface area contributed by atoms with E-state index in [-0.39, 0.29) is 5.41 Å². The second kappa shape index (κ2) is 6.27. The van der Waals surface area contributed by atoms with E-state index in [4.69, 9.17) is 0 Å². The molecule has 24 heavy (non-hydrogen) atoms. The molecule has 0 saturated carbocycles. The number of hydrogen-bond donors (Lipinski definition) is 1. The summed E-state index contributed by atoms with van der Waals surface area (Å²) < 4.78 is 2.29. The molecule has 0 saturated heterocycles. The van der Waals surface area contributed by atoms with Gasteiger partial charge in [0.25, 0.3) is 0 Å². The van der Waals surface area contributed by atoms with Crippen molar-refractivity contribution in [2.75, 3.05) is 12.4 Å². The molecule has 0 unspecified atom stereocenters. The maximum absolute atomic E-state index is 3.39. The molecule has 2 aromatic rings. The van der Waals surface area contributed by atoms with Gasteiger partial charge in [-0.3, -0.25) is 0 Å². The Labute approximate surface area is 145 Å². The molecule has 0 bridgehead atoms. The Morgan fingerprint density at radius 2 is 1.67 bits per heavy atom. The van der Waals surface area contributed by atoms with E-state index in [9.17, 15) is 0 Å². The predicted molar refractivity (Wildman–Crippen MR) is 104 cm³/mol. The lowest BCUT2D eigenvalue weighted by atomic mass is 9.81. The van der Waals surface area contributed by atoms with Gasteiger partial charge < -0.3 is 5.32 Å². The number of fused-ring (bicyclic) bond motifs is 1. The highest BCUT2D eigenvalue weighted by Gasteiger charge is 2.42. The minimum Gasteiger partial charge on any atom is -0.361 e. The zero-order chi connectivity index (χ0) is 17.3. The summed E-state index contributed by atoms with van der Waals surface area (Å²) in [6.45, 7) is 9.00. The third kappa shape index (κ3) is 2.89. The van der Waals surface area contributed by atoms with Gasteiger partial charge in [0.1, 0.15) is 7.05 Å². The van der Waals surface area contributed by atoms with Gasteiger partial charge in [0, 0.05) is 29.6 Å². The van der Waals surface area contributed by atoms with E-state index >= 15 is 0 Å². The lowest BCUT2D eigenvalue weighted by Crippen LogP contribution is -2.26. The molecule has 0 amide bonds. The van der Waals surface area contributed by atoms with Crippen molar-refractivity contribution in [3.05, 3.63) is 71.9 Å². The summed E-state index contributed by atoms with van der Waals surface area (Å²) >= 11 is 0. The Balaban J connectivity index is 1.79. The molecule has 1 heterocycles. The maximum atomic E-state index is 3.39. The number of anilines is 1. The molecule has 1 aliphatic rings. The van der Waals surface area contributed by atoms with E-state index in [2.05, 4.69) is 99.2 Å². The number of nitrogens with zero attached hydrogens (tertiary/aromatic N) is 1. The average molecular weight is 319 g/mol. The molecule has 0 aliphatic carbocycles. The van der Waals surface area contributed by atoms with Gasteiger partial charge in [0.05, 0.1) is 5.41 Å². The quantitative estimate of drug-likeness (QED) is 0.741. The second-order valence-electron chi connectivity index (χ2n) is 7.34. The third-order valence-corrected chi connectivity index (χ3v) is 5.01. The van der Waals surface area contributed by atoms with Crippen LogP contribution < -0.4 is 5.32 Å². The minimum absolute atomic E-state index is 0.0189. The van der Waals surface area contributed by atoms with Crippen LogP contribution in [0, 0.1) is 0 Å². The fourth-order valence-electron chi connectivity index (χ4n) is 3.48. The van der Waals surface area contributed by atoms with Crippen LogP contribution in [-0.4, -0.2) is 17.3 Å². The zero-order valence-corrected chi connectivity index (χ0v) is 15.3. The number of rotatable bonds is 4. The van der Waals surface area contributed by atoms with Gasteiger partial charge in [0.2, 0.25) is 5.69 Å². The monoisotopic (exact) mass is 319 g/mol. The topological polar surface area (TPSA) is 15.0 Å². The first-order valence-electron chi connectivity index (χ1n) is 8.65. The molecule has 2 heteroatoms. The number of hydrogen-bond acceptors (Lipinski definition) is 1. The van der Waals surface area contributed by atoms with E-state index in [0.717, 1.165) is 5.69 Å². The zero-order valence-electron chi connectivity index (χ0n) is 15.3. The molecule has 2 nitrogen and oxygen atoms in total. The molecule has 0 atom stereocenters. The van der Waals surface area contributed by atoms with Crippen molar-refractivity contribution >= 4 is 17.1 Å². The average Bonchev–Trinajstić information content (AvgIpc) is 2.76. The molecule has 2 aromatic carbocycles. The fraction of sp³-hybridized carbons (Fsp3) is 0.318. The highest BCUT2D eigenvalue weighted by atomic mass is 15.0. The molecule has 0 aromatic heterocycles. The first kappa shape index (κ1) is 16.5. The van der Waals surface area contributed by atoms with Crippen LogP contribution in [0.25, 0.3) is 0 Å². The standard InChI is InChI=1S/C22H26N2/c1-16(2)17-10-12-18(13-11-17)23-15-14-21-22(3,4)19-8-6-7-9-20(19)24(21)5/h6-16H,1-5H3/p+1. The van der Waals surface area contributed by atoms with Crippen molar-refractivity contribution in [2.24, 2.45) is 0 Å². The molecule has 3 rings (SSSR count). The predicted octanol–water partition coefficient (Wildman–Crippen LogP) is 5.44. The van der Waals surface area contributed by atoms with Gasteiger partial charge in [-0.2, -0.15) is 4.58 Å². The van der Waals surface area contributed by atoms with E-state index in [1.54, 1.807) is 0 Å². The first-order chi connectivity index (χ1) is 11.4. The second-order valence-corrected chi connectivity index (χ2v) is 7.34. The van der Waals surface area contributed by atoms with Crippen molar-refractivity contribution in [3.8, 4) is 0 Å². The molecule has 0 radical (unpaired) electrons. The van der Waals surface area contributed by atoms with Crippen LogP contribution >= 0.6 is 0 Å². The minimum atomic E-state index is 0.0189. The van der Waals surface area contributed by atoms with Crippen molar-refractivity contribution in [2.45, 2.75) is 39.0 Å². The van der Waals surface area contributed by atoms with Crippen molar-refractivity contribution in [3.63, 3.8) is 0 Å². The summed E-state index contributed by atoms with van der Waals surface area (Å²) in [7, 11) is 2.14. The summed E-state index contributed by atoms with van der Waals surface area (Å²) in [5, 5.41) is 3.39. The number of nitrogens with one attached hydrogen (secondary N) is 1. The Hall–Kier alpha value is -2.35. The van der Waals surface area contributed by atoms with Crippen LogP contribution in [0.5, 0.6) is 0 Å². The number of para-hydroxylation sites is 1. The van der Waals surface area contributed by atoms with E-state index in [1.165, 1.54) is 22.5 Å². The molecule has 0 fully saturated rings. The summed E-state index contributed by atoms with van der Waals surface area (Å²) in [6.07, 6.45) is 4.24. The number of allylic oxidation sites excluding steroid dienone is 1. The Morgan fingerprint density at radius 3 is 2.29 bits per heavy atom. The SMILES string of the molecule is CC(C)c1ccc(NC=CC2=[N+](C)c3ccccc3C2(C)C)cc1. The summed E-state index contributed by atoms with van der Waals surface area (Å²) in [5.41, 5.74) is 6.48. The first-order valence-corrected chi connectivity index (χ1v) is 8.65. The van der Waals surface area contributed by atoms with Crippen LogP contribution in [0.4, 0.5) is 11.4 Å². The van der Waals surface area contributed by atoms with Gasteiger partial charge in [-0.25, -0.2) is 0 Å². The molecule has 1 N–H and O–H groups in total. The van der Waals surface area contributed by atoms with Crippen molar-refractivity contribution in [1.29, 1.82) is 0 Å². The largest absolute Gasteiger partial charge is 0.361 e. The highest BCUT2D eigenvalue weighted by molar-refractivity contribution is 6.03. The van der Waals surface area contributed by atoms with Crippen molar-refractivity contribution < 1.29 is 4.58 Å². The summed E-state index contributed by atoms with van der Waals surface area (Å²) in [4.78, 5) is 0. The van der Waals surface area contributed by atoms with Gasteiger partial charge >= 0.3 is 0 Å². The molecular weight excluding hydrogens is 292 g/mol. The van der Waals surface area contributed by atoms with Gasteiger partial charge in [0.15, 0.2) is 5.71 Å². The van der Waals surface area contributed by atoms with Crippen molar-refractivity contribution in [1.82, 2.24) is 0 Å². The number of benzene rings is 2. The molecule has 1 aliphatic heterocycles.